The number of hydrogen-bond donors (Lipinski definition) is 1. The molecule has 33 heavy (non-hydrogen) atoms. The summed E-state index contributed by atoms with van der Waals surface area (Å²) in [5, 5.41) is 2.80. The summed E-state index contributed by atoms with van der Waals surface area (Å²) in [5.41, 5.74) is 1.66. The van der Waals surface area contributed by atoms with Crippen LogP contribution in [-0.2, 0) is 16.0 Å². The van der Waals surface area contributed by atoms with Gasteiger partial charge in [0, 0.05) is 19.6 Å². The van der Waals surface area contributed by atoms with Crippen LogP contribution in [0.4, 0.5) is 0 Å². The molecule has 1 N–H and O–H groups in total. The van der Waals surface area contributed by atoms with Gasteiger partial charge in [0.1, 0.15) is 0 Å². The van der Waals surface area contributed by atoms with Gasteiger partial charge in [0.25, 0.3) is 0 Å². The van der Waals surface area contributed by atoms with Crippen molar-refractivity contribution in [3.05, 3.63) is 35.9 Å². The van der Waals surface area contributed by atoms with E-state index in [0.717, 1.165) is 44.2 Å². The molecule has 0 radical (unpaired) electrons. The molecule has 1 aromatic rings. The molecule has 182 valence electrons. The predicted molar refractivity (Wildman–Crippen MR) is 133 cm³/mol. The van der Waals surface area contributed by atoms with Gasteiger partial charge in [0.2, 0.25) is 0 Å². The van der Waals surface area contributed by atoms with Gasteiger partial charge in [-0.25, -0.2) is 0 Å². The summed E-state index contributed by atoms with van der Waals surface area (Å²) >= 11 is 0. The maximum atomic E-state index is 12.7. The number of nitrogens with one attached hydrogen (secondary N) is 1. The monoisotopic (exact) mass is 453 g/mol. The highest BCUT2D eigenvalue weighted by Crippen LogP contribution is 2.40. The molecule has 2 amide bonds. The highest BCUT2D eigenvalue weighted by atomic mass is 16.2. The van der Waals surface area contributed by atoms with Crippen molar-refractivity contribution in [2.75, 3.05) is 32.7 Å². The van der Waals surface area contributed by atoms with Crippen molar-refractivity contribution in [2.24, 2.45) is 23.2 Å². The van der Waals surface area contributed by atoms with Crippen LogP contribution in [0.2, 0.25) is 0 Å². The zero-order valence-electron chi connectivity index (χ0n) is 20.9. The molecule has 5 nitrogen and oxygen atoms in total. The Balaban J connectivity index is 1.25. The van der Waals surface area contributed by atoms with Crippen molar-refractivity contribution < 1.29 is 9.59 Å². The predicted octanol–water partition coefficient (Wildman–Crippen LogP) is 4.12. The molecule has 0 aromatic heterocycles. The van der Waals surface area contributed by atoms with E-state index in [4.69, 9.17) is 0 Å². The first-order valence-electron chi connectivity index (χ1n) is 13.1. The number of amides is 2. The van der Waals surface area contributed by atoms with Crippen molar-refractivity contribution in [1.29, 1.82) is 0 Å². The molecule has 0 bridgehead atoms. The van der Waals surface area contributed by atoms with Gasteiger partial charge in [-0.2, -0.15) is 0 Å². The smallest absolute Gasteiger partial charge is 0.312 e. The Morgan fingerprint density at radius 1 is 0.879 bits per heavy atom. The maximum Gasteiger partial charge on any atom is 0.312 e. The van der Waals surface area contributed by atoms with E-state index in [1.54, 1.807) is 0 Å². The van der Waals surface area contributed by atoms with Gasteiger partial charge in [-0.05, 0) is 86.8 Å². The highest BCUT2D eigenvalue weighted by molar-refractivity contribution is 6.35. The van der Waals surface area contributed by atoms with Gasteiger partial charge < -0.3 is 15.1 Å². The van der Waals surface area contributed by atoms with Crippen LogP contribution in [-0.4, -0.2) is 60.4 Å². The molecule has 1 atom stereocenters. The number of piperidine rings is 1. The topological polar surface area (TPSA) is 52.7 Å². The largest absolute Gasteiger partial charge is 0.346 e. The molecule has 3 aliphatic rings. The summed E-state index contributed by atoms with van der Waals surface area (Å²) < 4.78 is 0. The van der Waals surface area contributed by atoms with Gasteiger partial charge in [-0.3, -0.25) is 9.59 Å². The lowest BCUT2D eigenvalue weighted by atomic mass is 9.70. The second kappa shape index (κ2) is 10.6. The van der Waals surface area contributed by atoms with Crippen LogP contribution in [0.1, 0.15) is 64.9 Å². The lowest BCUT2D eigenvalue weighted by Gasteiger charge is -2.41. The van der Waals surface area contributed by atoms with E-state index in [1.807, 2.05) is 23.1 Å². The molecule has 0 spiro atoms. The van der Waals surface area contributed by atoms with Gasteiger partial charge >= 0.3 is 11.8 Å². The van der Waals surface area contributed by atoms with E-state index in [-0.39, 0.29) is 11.9 Å². The average Bonchev–Trinajstić information content (AvgIpc) is 2.80. The number of rotatable bonds is 6. The fourth-order valence-corrected chi connectivity index (χ4v) is 6.20. The van der Waals surface area contributed by atoms with Crippen LogP contribution in [0.25, 0.3) is 0 Å². The summed E-state index contributed by atoms with van der Waals surface area (Å²) in [6, 6.07) is 10.3. The zero-order chi connectivity index (χ0) is 23.4. The van der Waals surface area contributed by atoms with Crippen LogP contribution in [0.3, 0.4) is 0 Å². The lowest BCUT2D eigenvalue weighted by Crippen LogP contribution is -2.60. The van der Waals surface area contributed by atoms with Gasteiger partial charge in [-0.15, -0.1) is 0 Å². The van der Waals surface area contributed by atoms with Crippen molar-refractivity contribution in [2.45, 2.75) is 71.8 Å². The molecule has 3 fully saturated rings. The third kappa shape index (κ3) is 6.38. The fourth-order valence-electron chi connectivity index (χ4n) is 6.20. The number of piperazine rings is 1. The fraction of sp³-hybridized carbons (Fsp3) is 0.714. The minimum absolute atomic E-state index is 0.0497. The summed E-state index contributed by atoms with van der Waals surface area (Å²) in [6.07, 6.45) is 8.56. The highest BCUT2D eigenvalue weighted by Gasteiger charge is 2.36. The van der Waals surface area contributed by atoms with Crippen LogP contribution in [0.15, 0.2) is 30.3 Å². The first-order valence-corrected chi connectivity index (χ1v) is 13.1. The molecule has 2 heterocycles. The molecule has 2 aliphatic heterocycles. The quantitative estimate of drug-likeness (QED) is 0.659. The van der Waals surface area contributed by atoms with E-state index >= 15 is 0 Å². The molecule has 0 unspecified atom stereocenters. The number of benzene rings is 1. The molecule has 2 saturated heterocycles. The van der Waals surface area contributed by atoms with Gasteiger partial charge in [-0.1, -0.05) is 51.1 Å². The molecular weight excluding hydrogens is 410 g/mol. The Hall–Kier alpha value is -1.88. The minimum atomic E-state index is -0.442. The molecule has 1 saturated carbocycles. The average molecular weight is 454 g/mol. The van der Waals surface area contributed by atoms with Crippen LogP contribution in [0.5, 0.6) is 0 Å². The number of likely N-dealkylation sites (tertiary alicyclic amines) is 1. The SMILES string of the molecule is CC(C)(C)C1CCC(CN2CCC(CN3C(=O)C(=O)NC[C@@H]3Cc3ccccc3)CC2)CC1. The molecule has 1 aromatic carbocycles. The van der Waals surface area contributed by atoms with Crippen LogP contribution in [0, 0.1) is 23.2 Å². The lowest BCUT2D eigenvalue weighted by molar-refractivity contribution is -0.151. The van der Waals surface area contributed by atoms with E-state index in [2.05, 4.69) is 43.1 Å². The van der Waals surface area contributed by atoms with Gasteiger partial charge in [0.05, 0.1) is 6.04 Å². The van der Waals surface area contributed by atoms with Crippen molar-refractivity contribution >= 4 is 11.8 Å². The first-order chi connectivity index (χ1) is 15.8. The Morgan fingerprint density at radius 3 is 2.15 bits per heavy atom. The second-order valence-corrected chi connectivity index (χ2v) is 11.8. The third-order valence-electron chi connectivity index (χ3n) is 8.46. The molecule has 5 heteroatoms. The van der Waals surface area contributed by atoms with Crippen LogP contribution >= 0.6 is 0 Å². The molecular formula is C28H43N3O2. The van der Waals surface area contributed by atoms with Crippen molar-refractivity contribution in [3.8, 4) is 0 Å². The normalized spacial score (nSPS) is 28.1. The van der Waals surface area contributed by atoms with E-state index < -0.39 is 5.91 Å². The minimum Gasteiger partial charge on any atom is -0.346 e. The zero-order valence-corrected chi connectivity index (χ0v) is 20.9. The summed E-state index contributed by atoms with van der Waals surface area (Å²) in [4.78, 5) is 29.4. The number of carbonyl (C=O) groups excluding carboxylic acids is 2. The van der Waals surface area contributed by atoms with Crippen LogP contribution < -0.4 is 5.32 Å². The van der Waals surface area contributed by atoms with Gasteiger partial charge in [0.15, 0.2) is 0 Å². The second-order valence-electron chi connectivity index (χ2n) is 11.8. The number of nitrogens with zero attached hydrogens (tertiary/aromatic N) is 2. The van der Waals surface area contributed by atoms with E-state index in [9.17, 15) is 9.59 Å². The summed E-state index contributed by atoms with van der Waals surface area (Å²) in [7, 11) is 0. The van der Waals surface area contributed by atoms with E-state index in [0.29, 0.717) is 24.4 Å². The Kier molecular flexibility index (Phi) is 7.78. The maximum absolute atomic E-state index is 12.7. The summed E-state index contributed by atoms with van der Waals surface area (Å²) in [5.74, 6) is 1.43. The summed E-state index contributed by atoms with van der Waals surface area (Å²) in [6.45, 7) is 11.9. The standard InChI is InChI=1S/C28H43N3O2/c1-28(2,3)24-11-9-22(10-12-24)19-30-15-13-23(14-16-30)20-31-25(18-29-26(32)27(31)33)17-21-7-5-4-6-8-21/h4-8,22-25H,9-20H2,1-3H3,(H,29,32)/t22?,24?,25-/m0/s1. The van der Waals surface area contributed by atoms with Crippen molar-refractivity contribution in [3.63, 3.8) is 0 Å². The number of carbonyl (C=O) groups is 2. The number of hydrogen-bond acceptors (Lipinski definition) is 3. The third-order valence-corrected chi connectivity index (χ3v) is 8.46. The Morgan fingerprint density at radius 2 is 1.52 bits per heavy atom. The van der Waals surface area contributed by atoms with E-state index in [1.165, 1.54) is 37.8 Å². The molecule has 4 rings (SSSR count). The molecule has 1 aliphatic carbocycles. The Bertz CT molecular complexity index is 787. The first kappa shape index (κ1) is 24.3. The Labute approximate surface area is 200 Å². The van der Waals surface area contributed by atoms with Crippen molar-refractivity contribution in [1.82, 2.24) is 15.1 Å².